The average molecular weight is 391 g/mol. The maximum Gasteiger partial charge on any atom is 0.244 e. The fraction of sp³-hybridized carbons (Fsp3) is 0.579. The summed E-state index contributed by atoms with van der Waals surface area (Å²) in [5.41, 5.74) is 0.116. The van der Waals surface area contributed by atoms with E-state index >= 15 is 0 Å². The number of hydrogen-bond donors (Lipinski definition) is 2. The van der Waals surface area contributed by atoms with Crippen LogP contribution in [-0.2, 0) is 14.8 Å². The predicted molar refractivity (Wildman–Crippen MR) is 99.0 cm³/mol. The Labute approximate surface area is 160 Å². The van der Waals surface area contributed by atoms with Crippen molar-refractivity contribution in [3.05, 3.63) is 29.8 Å². The molecule has 2 aliphatic rings. The monoisotopic (exact) mass is 391 g/mol. The molecule has 8 heteroatoms. The molecule has 1 saturated carbocycles. The molecule has 2 fully saturated rings. The van der Waals surface area contributed by atoms with Crippen LogP contribution in [0.15, 0.2) is 29.2 Å². The molecule has 27 heavy (non-hydrogen) atoms. The normalized spacial score (nSPS) is 26.9. The van der Waals surface area contributed by atoms with E-state index in [0.29, 0.717) is 32.2 Å². The van der Waals surface area contributed by atoms with Crippen LogP contribution in [0.4, 0.5) is 0 Å². The molecule has 1 aromatic rings. The summed E-state index contributed by atoms with van der Waals surface area (Å²) in [6, 6.07) is 8.12. The smallest absolute Gasteiger partial charge is 0.244 e. The van der Waals surface area contributed by atoms with Crippen molar-refractivity contribution in [3.63, 3.8) is 0 Å². The summed E-state index contributed by atoms with van der Waals surface area (Å²) in [4.78, 5) is 12.6. The lowest BCUT2D eigenvalue weighted by Gasteiger charge is -2.33. The van der Waals surface area contributed by atoms with Crippen molar-refractivity contribution in [3.8, 4) is 6.07 Å². The molecular formula is C19H25N3O4S. The Kier molecular flexibility index (Phi) is 6.15. The molecular weight excluding hydrogens is 366 g/mol. The van der Waals surface area contributed by atoms with Crippen molar-refractivity contribution in [2.24, 2.45) is 5.92 Å². The van der Waals surface area contributed by atoms with E-state index in [0.717, 1.165) is 12.8 Å². The summed E-state index contributed by atoms with van der Waals surface area (Å²) in [5, 5.41) is 21.8. The minimum Gasteiger partial charge on any atom is -0.393 e. The van der Waals surface area contributed by atoms with Gasteiger partial charge in [0.05, 0.1) is 22.5 Å². The Morgan fingerprint density at radius 3 is 2.59 bits per heavy atom. The number of amides is 1. The molecule has 3 rings (SSSR count). The number of benzene rings is 1. The fourth-order valence-electron chi connectivity index (χ4n) is 3.84. The van der Waals surface area contributed by atoms with Gasteiger partial charge in [-0.25, -0.2) is 8.42 Å². The van der Waals surface area contributed by atoms with E-state index in [2.05, 4.69) is 5.32 Å². The van der Waals surface area contributed by atoms with Crippen LogP contribution in [-0.4, -0.2) is 49.0 Å². The van der Waals surface area contributed by atoms with Gasteiger partial charge in [-0.05, 0) is 50.7 Å². The maximum absolute atomic E-state index is 13.0. The van der Waals surface area contributed by atoms with Gasteiger partial charge in [-0.2, -0.15) is 9.57 Å². The lowest BCUT2D eigenvalue weighted by Crippen LogP contribution is -2.48. The molecule has 1 aromatic carbocycles. The number of nitrogens with one attached hydrogen (secondary N) is 1. The van der Waals surface area contributed by atoms with Crippen molar-refractivity contribution in [2.45, 2.75) is 55.6 Å². The zero-order valence-electron chi connectivity index (χ0n) is 15.2. The summed E-state index contributed by atoms with van der Waals surface area (Å²) in [6.45, 7) is 0.477. The number of nitriles is 1. The van der Waals surface area contributed by atoms with Gasteiger partial charge >= 0.3 is 0 Å². The molecule has 1 atom stereocenters. The fourth-order valence-corrected chi connectivity index (χ4v) is 5.50. The first kappa shape index (κ1) is 19.8. The van der Waals surface area contributed by atoms with Crippen molar-refractivity contribution in [2.75, 3.05) is 13.1 Å². The third-order valence-corrected chi connectivity index (χ3v) is 7.35. The number of aliphatic hydroxyl groups excluding tert-OH is 1. The summed E-state index contributed by atoms with van der Waals surface area (Å²) in [6.07, 6.45) is 3.83. The molecule has 2 N–H and O–H groups in total. The van der Waals surface area contributed by atoms with Gasteiger partial charge in [0.1, 0.15) is 6.07 Å². The second-order valence-electron chi connectivity index (χ2n) is 7.32. The van der Waals surface area contributed by atoms with Crippen LogP contribution >= 0.6 is 0 Å². The van der Waals surface area contributed by atoms with Crippen molar-refractivity contribution < 1.29 is 18.3 Å². The number of hydrogen-bond acceptors (Lipinski definition) is 5. The molecule has 1 aliphatic heterocycles. The summed E-state index contributed by atoms with van der Waals surface area (Å²) >= 11 is 0. The van der Waals surface area contributed by atoms with Gasteiger partial charge in [-0.3, -0.25) is 4.79 Å². The van der Waals surface area contributed by atoms with E-state index in [1.54, 1.807) is 12.1 Å². The summed E-state index contributed by atoms with van der Waals surface area (Å²) < 4.78 is 27.3. The minimum absolute atomic E-state index is 0.00479. The molecule has 1 heterocycles. The highest BCUT2D eigenvalue weighted by molar-refractivity contribution is 7.89. The Hall–Kier alpha value is -1.95. The zero-order valence-corrected chi connectivity index (χ0v) is 16.0. The quantitative estimate of drug-likeness (QED) is 0.806. The van der Waals surface area contributed by atoms with Gasteiger partial charge in [-0.1, -0.05) is 12.1 Å². The predicted octanol–water partition coefficient (Wildman–Crippen LogP) is 1.38. The number of nitrogens with zero attached hydrogens (tertiary/aromatic N) is 2. The topological polar surface area (TPSA) is 111 Å². The van der Waals surface area contributed by atoms with Gasteiger partial charge in [0.2, 0.25) is 15.9 Å². The van der Waals surface area contributed by atoms with Gasteiger partial charge < -0.3 is 10.4 Å². The molecule has 1 amide bonds. The Bertz CT molecular complexity index is 826. The highest BCUT2D eigenvalue weighted by atomic mass is 32.2. The van der Waals surface area contributed by atoms with Gasteiger partial charge in [0, 0.05) is 19.1 Å². The van der Waals surface area contributed by atoms with Crippen LogP contribution in [0.25, 0.3) is 0 Å². The van der Waals surface area contributed by atoms with E-state index in [1.165, 1.54) is 16.4 Å². The first-order valence-corrected chi connectivity index (χ1v) is 10.8. The second kappa shape index (κ2) is 8.38. The summed E-state index contributed by atoms with van der Waals surface area (Å²) in [5.74, 6) is -0.514. The number of aliphatic hydroxyl groups is 1. The van der Waals surface area contributed by atoms with Gasteiger partial charge in [0.25, 0.3) is 0 Å². The zero-order chi connectivity index (χ0) is 19.4. The third kappa shape index (κ3) is 4.49. The van der Waals surface area contributed by atoms with Crippen molar-refractivity contribution >= 4 is 15.9 Å². The number of sulfonamides is 1. The Morgan fingerprint density at radius 2 is 1.89 bits per heavy atom. The first-order chi connectivity index (χ1) is 12.9. The number of piperidine rings is 1. The number of carbonyl (C=O) groups is 1. The SMILES string of the molecule is N#Cc1ccccc1S(=O)(=O)N1CCCC(C(=O)NC2CCC(O)CC2)C1. The molecule has 0 aromatic heterocycles. The van der Waals surface area contributed by atoms with E-state index in [-0.39, 0.29) is 35.1 Å². The molecule has 1 aliphatic carbocycles. The van der Waals surface area contributed by atoms with E-state index in [1.807, 2.05) is 6.07 Å². The molecule has 146 valence electrons. The highest BCUT2D eigenvalue weighted by Gasteiger charge is 2.35. The van der Waals surface area contributed by atoms with Crippen molar-refractivity contribution in [1.29, 1.82) is 5.26 Å². The van der Waals surface area contributed by atoms with E-state index < -0.39 is 15.9 Å². The van der Waals surface area contributed by atoms with Crippen molar-refractivity contribution in [1.82, 2.24) is 9.62 Å². The van der Waals surface area contributed by atoms with Crippen LogP contribution in [0.2, 0.25) is 0 Å². The molecule has 0 radical (unpaired) electrons. The molecule has 0 spiro atoms. The largest absolute Gasteiger partial charge is 0.393 e. The van der Waals surface area contributed by atoms with Crippen LogP contribution in [0.1, 0.15) is 44.1 Å². The Balaban J connectivity index is 1.68. The standard InChI is InChI=1S/C19H25N3O4S/c20-12-14-4-1-2-6-18(14)27(25,26)22-11-3-5-15(13-22)19(24)21-16-7-9-17(23)10-8-16/h1-2,4,6,15-17,23H,3,5,7-11,13H2,(H,21,24). The van der Waals surface area contributed by atoms with E-state index in [9.17, 15) is 23.6 Å². The lowest BCUT2D eigenvalue weighted by atomic mass is 9.92. The minimum atomic E-state index is -3.81. The Morgan fingerprint density at radius 1 is 1.19 bits per heavy atom. The molecule has 0 bridgehead atoms. The second-order valence-corrected chi connectivity index (χ2v) is 9.23. The molecule has 7 nitrogen and oxygen atoms in total. The van der Waals surface area contributed by atoms with E-state index in [4.69, 9.17) is 0 Å². The van der Waals surface area contributed by atoms with Crippen LogP contribution < -0.4 is 5.32 Å². The average Bonchev–Trinajstić information content (AvgIpc) is 2.69. The third-order valence-electron chi connectivity index (χ3n) is 5.42. The molecule has 1 saturated heterocycles. The number of carbonyl (C=O) groups excluding carboxylic acids is 1. The first-order valence-electron chi connectivity index (χ1n) is 9.39. The summed E-state index contributed by atoms with van der Waals surface area (Å²) in [7, 11) is -3.81. The van der Waals surface area contributed by atoms with Gasteiger partial charge in [0.15, 0.2) is 0 Å². The molecule has 1 unspecified atom stereocenters. The number of rotatable bonds is 4. The highest BCUT2D eigenvalue weighted by Crippen LogP contribution is 2.26. The van der Waals surface area contributed by atoms with Crippen LogP contribution in [0.5, 0.6) is 0 Å². The maximum atomic E-state index is 13.0. The van der Waals surface area contributed by atoms with Crippen LogP contribution in [0.3, 0.4) is 0 Å². The lowest BCUT2D eigenvalue weighted by molar-refractivity contribution is -0.127. The van der Waals surface area contributed by atoms with Crippen LogP contribution in [0, 0.1) is 17.2 Å². The van der Waals surface area contributed by atoms with Gasteiger partial charge in [-0.15, -0.1) is 0 Å².